The molecule has 720 valence electrons. The average molecular weight is 1940 g/mol. The monoisotopic (exact) mass is 1940 g/mol. The standard InChI is InChI=1S/2C26H32N4O3S.C26H31N3O4S.C25H30N4O3S2/c1-15(2)23(25-27-12-16(3)29-25)26(33)30-13-20(31)11-21(30)22(32)10-7-18-5-8-19(9-6-18)24-17(4)28-14-34-24;1-15(2)24(21-11-16(3)28-29-21)26(33)30-13-20(31)12-22(30)23(32)10-7-18-5-8-19(9-6-18)25-17(4)27-14-34-25;1-15(2)24(21-13-33-17(4)28-21)26(32)29-12-20(30)11-22(29)23(31)10-7-18-5-8-19(9-6-18)25-16(3)27-14-34-25;1-14(2)22(24-28-27-16(4)34-24)25(32)29-12-19(30)11-20(29)21(31)10-7-17-5-8-18(9-6-17)23-15(3)26-13-33-23/h5-6,8-9,12,14-15,20-21,23,31H,7,10-11,13H2,1-4H3,(H,27,29);5-6,8-9,11,14-15,20,22,24,31H,7,10,12-13H2,1-4H3,(H,28,29);5-6,8-9,13-15,20,22,24,30H,7,10-12H2,1-4H3;5-6,8-9,13-14,19-20,22,30H,7,10-12H2,1-4H3/t20-,21+,23-;2*20-,22+,24-;19-,20+,22-/m1111/s1. The number of likely N-dealkylation sites (tertiary alicyclic amines) is 4. The zero-order valence-electron chi connectivity index (χ0n) is 80.1. The van der Waals surface area contributed by atoms with E-state index in [1.807, 2.05) is 180 Å². The number of aliphatic hydroxyl groups is 4. The predicted molar refractivity (Wildman–Crippen MR) is 530 cm³/mol. The molecule has 12 atom stereocenters. The maximum atomic E-state index is 13.5. The fraction of sp³-hybridized carbons (Fsp3) is 0.466. The number of oxazole rings is 1. The summed E-state index contributed by atoms with van der Waals surface area (Å²) >= 11 is 7.88. The first kappa shape index (κ1) is 102. The molecule has 4 fully saturated rings. The minimum Gasteiger partial charge on any atom is -0.449 e. The quantitative estimate of drug-likeness (QED) is 0.0228. The van der Waals surface area contributed by atoms with Crippen LogP contribution < -0.4 is 0 Å². The number of nitrogens with zero attached hydrogens (tertiary/aromatic N) is 13. The SMILES string of the molecule is Cc1cc([C@H](C(=O)N2C[C@H](O)C[C@H]2C(=O)CCc2ccc(-c3scnc3C)cc2)C(C)C)n[nH]1.Cc1cnc([C@H](C(=O)N2C[C@H](O)C[C@H]2C(=O)CCc2ccc(-c3scnc3C)cc2)C(C)C)[nH]1.Cc1nc([C@H](C(=O)N2C[C@H](O)C[C@H]2C(=O)CCc2ccc(-c3scnc3C)cc2)C(C)C)co1.Cc1nnc([C@H](C(=O)N2C[C@H](O)C[C@H]2C(=O)CCc2ccc(-c3scnc3C)cc2)C(C)C)s1. The normalized spacial score (nSPS) is 19.1. The van der Waals surface area contributed by atoms with E-state index in [9.17, 15) is 58.8 Å². The minimum absolute atomic E-state index is 0.00649. The zero-order valence-corrected chi connectivity index (χ0v) is 84.2. The molecule has 33 heteroatoms. The van der Waals surface area contributed by atoms with E-state index in [4.69, 9.17) is 4.42 Å². The van der Waals surface area contributed by atoms with E-state index in [1.54, 1.807) is 78.1 Å². The van der Waals surface area contributed by atoms with Crippen LogP contribution in [0.3, 0.4) is 0 Å². The molecule has 12 heterocycles. The number of H-pyrrole nitrogens is 2. The van der Waals surface area contributed by atoms with E-state index >= 15 is 0 Å². The number of imidazole rings is 1. The summed E-state index contributed by atoms with van der Waals surface area (Å²) in [7, 11) is 0. The fourth-order valence-electron chi connectivity index (χ4n) is 18.6. The second-order valence-corrected chi connectivity index (χ2v) is 42.2. The zero-order chi connectivity index (χ0) is 97.6. The highest BCUT2D eigenvalue weighted by molar-refractivity contribution is 7.14. The number of aliphatic hydroxyl groups excluding tert-OH is 4. The molecule has 28 nitrogen and oxygen atoms in total. The highest BCUT2D eigenvalue weighted by Gasteiger charge is 2.47. The van der Waals surface area contributed by atoms with Crippen molar-refractivity contribution in [2.75, 3.05) is 26.2 Å². The first-order valence-electron chi connectivity index (χ1n) is 46.7. The van der Waals surface area contributed by atoms with Gasteiger partial charge in [0.25, 0.3) is 0 Å². The molecule has 6 N–H and O–H groups in total. The van der Waals surface area contributed by atoms with Crippen LogP contribution in [0.15, 0.2) is 142 Å². The van der Waals surface area contributed by atoms with E-state index < -0.39 is 72.3 Å². The number of ketones is 4. The lowest BCUT2D eigenvalue weighted by Gasteiger charge is -2.29. The van der Waals surface area contributed by atoms with Crippen molar-refractivity contribution in [2.24, 2.45) is 23.7 Å². The summed E-state index contributed by atoms with van der Waals surface area (Å²) in [6, 6.07) is 32.3. The third-order valence-corrected chi connectivity index (χ3v) is 30.6. The number of benzene rings is 4. The van der Waals surface area contributed by atoms with Gasteiger partial charge in [-0.3, -0.25) is 43.5 Å². The smallest absolute Gasteiger partial charge is 0.234 e. The van der Waals surface area contributed by atoms with Crippen LogP contribution in [0.5, 0.6) is 0 Å². The van der Waals surface area contributed by atoms with Gasteiger partial charge in [0.05, 0.1) is 148 Å². The van der Waals surface area contributed by atoms with Gasteiger partial charge in [0.1, 0.15) is 22.1 Å². The Hall–Kier alpha value is -11.0. The molecule has 0 radical (unpaired) electrons. The maximum absolute atomic E-state index is 13.5. The van der Waals surface area contributed by atoms with Gasteiger partial charge in [-0.15, -0.1) is 66.9 Å². The van der Waals surface area contributed by atoms with E-state index in [0.717, 1.165) is 103 Å². The van der Waals surface area contributed by atoms with Crippen LogP contribution in [0.1, 0.15) is 220 Å². The van der Waals surface area contributed by atoms with Gasteiger partial charge in [-0.1, -0.05) is 152 Å². The van der Waals surface area contributed by atoms with E-state index in [-0.39, 0.29) is 116 Å². The van der Waals surface area contributed by atoms with Crippen LogP contribution in [0.4, 0.5) is 0 Å². The number of nitrogens with one attached hydrogen (secondary N) is 2. The van der Waals surface area contributed by atoms with Crippen molar-refractivity contribution in [1.82, 2.24) is 74.9 Å². The molecule has 4 saturated heterocycles. The number of aromatic nitrogens is 11. The van der Waals surface area contributed by atoms with Crippen LogP contribution in [0.25, 0.3) is 41.8 Å². The van der Waals surface area contributed by atoms with Gasteiger partial charge in [0.2, 0.25) is 23.6 Å². The third-order valence-electron chi connectivity index (χ3n) is 25.8. The van der Waals surface area contributed by atoms with Gasteiger partial charge in [-0.05, 0) is 148 Å². The Labute approximate surface area is 814 Å². The number of aryl methyl sites for hydroxylation is 12. The van der Waals surface area contributed by atoms with Crippen molar-refractivity contribution in [3.05, 3.63) is 227 Å². The molecule has 16 rings (SSSR count). The Morgan fingerprint density at radius 1 is 0.397 bits per heavy atom. The fourth-order valence-corrected chi connectivity index (χ4v) is 22.8. The number of Topliss-reactive ketones (excluding diaryl/α,β-unsaturated/α-hetero) is 4. The molecule has 0 saturated carbocycles. The Morgan fingerprint density at radius 3 is 0.956 bits per heavy atom. The number of carbonyl (C=O) groups is 8. The summed E-state index contributed by atoms with van der Waals surface area (Å²) in [5, 5.41) is 58.2. The van der Waals surface area contributed by atoms with Gasteiger partial charge in [0, 0.05) is 102 Å². The number of amides is 4. The lowest BCUT2D eigenvalue weighted by Crippen LogP contribution is -2.44. The second kappa shape index (κ2) is 46.4. The maximum Gasteiger partial charge on any atom is 0.234 e. The predicted octanol–water partition coefficient (Wildman–Crippen LogP) is 16.6. The van der Waals surface area contributed by atoms with E-state index in [1.165, 1.54) is 17.6 Å². The molecular formula is C103H125N15O13S5. The molecule has 4 aliphatic rings. The molecule has 4 aromatic carbocycles. The highest BCUT2D eigenvalue weighted by atomic mass is 32.1. The molecule has 0 unspecified atom stereocenters. The van der Waals surface area contributed by atoms with E-state index in [0.29, 0.717) is 85.9 Å². The minimum atomic E-state index is -0.702. The van der Waals surface area contributed by atoms with Crippen molar-refractivity contribution < 1.29 is 63.2 Å². The topological polar surface area (TPSA) is 391 Å². The highest BCUT2D eigenvalue weighted by Crippen LogP contribution is 2.40. The molecule has 8 aromatic heterocycles. The summed E-state index contributed by atoms with van der Waals surface area (Å²) in [4.78, 5) is 147. The molecule has 0 aliphatic carbocycles. The van der Waals surface area contributed by atoms with Crippen LogP contribution in [0, 0.1) is 79.1 Å². The van der Waals surface area contributed by atoms with Crippen molar-refractivity contribution in [2.45, 2.75) is 260 Å². The molecule has 0 bridgehead atoms. The Balaban J connectivity index is 0.000000153. The Bertz CT molecular complexity index is 5340. The number of thiazole rings is 4. The van der Waals surface area contributed by atoms with Crippen LogP contribution in [0.2, 0.25) is 0 Å². The Kier molecular flexibility index (Phi) is 35.0. The van der Waals surface area contributed by atoms with Crippen LogP contribution >= 0.6 is 56.7 Å². The lowest BCUT2D eigenvalue weighted by atomic mass is 9.90. The number of β-amino-alcohol motifs (C(OH)–C–C–N with tert-alkyl or cyclic N) is 4. The van der Waals surface area contributed by atoms with Gasteiger partial charge in [0.15, 0.2) is 29.0 Å². The summed E-state index contributed by atoms with van der Waals surface area (Å²) in [5.74, 6) is -1.44. The molecule has 4 aliphatic heterocycles. The summed E-state index contributed by atoms with van der Waals surface area (Å²) in [5.41, 5.74) is 23.2. The van der Waals surface area contributed by atoms with Gasteiger partial charge in [-0.25, -0.2) is 29.9 Å². The molecular weight excluding hydrogens is 1820 g/mol. The average Bonchev–Trinajstić information content (AvgIpc) is 1.65. The number of aromatic amines is 2. The molecule has 4 amide bonds. The first-order valence-corrected chi connectivity index (χ1v) is 51.1. The number of carbonyl (C=O) groups excluding carboxylic acids is 8. The van der Waals surface area contributed by atoms with Crippen molar-refractivity contribution in [3.63, 3.8) is 0 Å². The third kappa shape index (κ3) is 25.3. The molecule has 0 spiro atoms. The molecule has 136 heavy (non-hydrogen) atoms. The van der Waals surface area contributed by atoms with Crippen molar-refractivity contribution in [3.8, 4) is 41.8 Å². The summed E-state index contributed by atoms with van der Waals surface area (Å²) in [6.07, 6.45) is 5.26. The first-order chi connectivity index (χ1) is 65.0. The van der Waals surface area contributed by atoms with Gasteiger partial charge < -0.3 is 49.4 Å². The van der Waals surface area contributed by atoms with E-state index in [2.05, 4.69) is 104 Å². The number of hydrogen-bond donors (Lipinski definition) is 6. The summed E-state index contributed by atoms with van der Waals surface area (Å²) < 4.78 is 5.33. The largest absolute Gasteiger partial charge is 0.449 e. The van der Waals surface area contributed by atoms with Crippen molar-refractivity contribution >= 4 is 103 Å². The van der Waals surface area contributed by atoms with Crippen molar-refractivity contribution in [1.29, 1.82) is 0 Å². The van der Waals surface area contributed by atoms with Gasteiger partial charge >= 0.3 is 0 Å². The summed E-state index contributed by atoms with van der Waals surface area (Å²) in [6.45, 7) is 31.9. The lowest BCUT2D eigenvalue weighted by molar-refractivity contribution is -0.140. The number of rotatable bonds is 32. The number of hydrogen-bond acceptors (Lipinski definition) is 27. The van der Waals surface area contributed by atoms with Gasteiger partial charge in [-0.2, -0.15) is 5.10 Å². The second-order valence-electron chi connectivity index (χ2n) is 37.6. The van der Waals surface area contributed by atoms with Crippen LogP contribution in [-0.2, 0) is 64.0 Å². The molecule has 12 aromatic rings. The van der Waals surface area contributed by atoms with Crippen LogP contribution in [-0.4, -0.2) is 217 Å². The Morgan fingerprint density at radius 2 is 0.706 bits per heavy atom.